The summed E-state index contributed by atoms with van der Waals surface area (Å²) in [6.45, 7) is 2.11. The fourth-order valence-corrected chi connectivity index (χ4v) is 2.13. The number of carbonyl (C=O) groups is 3. The minimum absolute atomic E-state index is 0.00293. The SMILES string of the molecule is COCCNC(=O)C(=O)NN=C(C)CC(=O)Nc1cccc(I)c1. The molecule has 0 spiro atoms. The van der Waals surface area contributed by atoms with E-state index in [2.05, 4.69) is 43.8 Å². The maximum absolute atomic E-state index is 11.9. The van der Waals surface area contributed by atoms with Gasteiger partial charge in [0.15, 0.2) is 0 Å². The molecular weight excluding hydrogens is 427 g/mol. The van der Waals surface area contributed by atoms with Crippen molar-refractivity contribution in [3.63, 3.8) is 0 Å². The smallest absolute Gasteiger partial charge is 0.329 e. The number of nitrogens with one attached hydrogen (secondary N) is 3. The molecule has 0 saturated carbocycles. The third-order valence-electron chi connectivity index (χ3n) is 2.67. The van der Waals surface area contributed by atoms with Crippen LogP contribution in [-0.4, -0.2) is 43.7 Å². The van der Waals surface area contributed by atoms with Crippen LogP contribution >= 0.6 is 22.6 Å². The van der Waals surface area contributed by atoms with Gasteiger partial charge in [-0.25, -0.2) is 5.43 Å². The van der Waals surface area contributed by atoms with Crippen LogP contribution in [0.4, 0.5) is 5.69 Å². The molecule has 0 atom stereocenters. The summed E-state index contributed by atoms with van der Waals surface area (Å²) in [6, 6.07) is 7.35. The second kappa shape index (κ2) is 10.7. The van der Waals surface area contributed by atoms with Gasteiger partial charge in [-0.2, -0.15) is 5.10 Å². The van der Waals surface area contributed by atoms with Gasteiger partial charge in [-0.15, -0.1) is 0 Å². The van der Waals surface area contributed by atoms with Gasteiger partial charge in [-0.05, 0) is 47.7 Å². The van der Waals surface area contributed by atoms with Crippen LogP contribution in [0.15, 0.2) is 29.4 Å². The minimum Gasteiger partial charge on any atom is -0.383 e. The van der Waals surface area contributed by atoms with Crippen molar-refractivity contribution in [3.8, 4) is 0 Å². The Kier molecular flexibility index (Phi) is 8.94. The Hall–Kier alpha value is -2.01. The fraction of sp³-hybridized carbons (Fsp3) is 0.333. The lowest BCUT2D eigenvalue weighted by Gasteiger charge is -2.06. The summed E-state index contributed by atoms with van der Waals surface area (Å²) in [4.78, 5) is 34.8. The number of carbonyl (C=O) groups excluding carboxylic acids is 3. The van der Waals surface area contributed by atoms with Gasteiger partial charge in [0.2, 0.25) is 5.91 Å². The highest BCUT2D eigenvalue weighted by Crippen LogP contribution is 2.12. The molecule has 130 valence electrons. The number of halogens is 1. The zero-order chi connectivity index (χ0) is 17.9. The molecular formula is C15H19IN4O4. The molecule has 8 nitrogen and oxygen atoms in total. The molecule has 3 N–H and O–H groups in total. The molecule has 0 bridgehead atoms. The molecule has 1 aromatic carbocycles. The predicted octanol–water partition coefficient (Wildman–Crippen LogP) is 0.875. The van der Waals surface area contributed by atoms with Crippen molar-refractivity contribution in [3.05, 3.63) is 27.8 Å². The number of nitrogens with zero attached hydrogens (tertiary/aromatic N) is 1. The first-order valence-electron chi connectivity index (χ1n) is 7.08. The number of hydrogen-bond donors (Lipinski definition) is 3. The summed E-state index contributed by atoms with van der Waals surface area (Å²) in [7, 11) is 1.49. The number of hydrazone groups is 1. The number of methoxy groups -OCH3 is 1. The first kappa shape index (κ1) is 20.0. The lowest BCUT2D eigenvalue weighted by atomic mass is 10.2. The van der Waals surface area contributed by atoms with Gasteiger partial charge >= 0.3 is 11.8 Å². The van der Waals surface area contributed by atoms with Crippen LogP contribution in [0.25, 0.3) is 0 Å². The Bertz CT molecular complexity index is 634. The highest BCUT2D eigenvalue weighted by atomic mass is 127. The third-order valence-corrected chi connectivity index (χ3v) is 3.34. The zero-order valence-corrected chi connectivity index (χ0v) is 15.5. The highest BCUT2D eigenvalue weighted by molar-refractivity contribution is 14.1. The van der Waals surface area contributed by atoms with Crippen molar-refractivity contribution in [1.82, 2.24) is 10.7 Å². The lowest BCUT2D eigenvalue weighted by molar-refractivity contribution is -0.139. The first-order valence-corrected chi connectivity index (χ1v) is 8.16. The first-order chi connectivity index (χ1) is 11.4. The molecule has 0 heterocycles. The largest absolute Gasteiger partial charge is 0.383 e. The summed E-state index contributed by atoms with van der Waals surface area (Å²) in [5, 5.41) is 8.82. The quantitative estimate of drug-likeness (QED) is 0.190. The number of ether oxygens (including phenoxy) is 1. The van der Waals surface area contributed by atoms with Crippen molar-refractivity contribution in [2.45, 2.75) is 13.3 Å². The van der Waals surface area contributed by atoms with Crippen molar-refractivity contribution in [1.29, 1.82) is 0 Å². The normalized spacial score (nSPS) is 10.9. The molecule has 0 aromatic heterocycles. The molecule has 0 radical (unpaired) electrons. The van der Waals surface area contributed by atoms with Crippen LogP contribution in [0.5, 0.6) is 0 Å². The Morgan fingerprint density at radius 3 is 2.67 bits per heavy atom. The number of benzene rings is 1. The van der Waals surface area contributed by atoms with E-state index in [1.165, 1.54) is 7.11 Å². The van der Waals surface area contributed by atoms with Crippen LogP contribution in [0.2, 0.25) is 0 Å². The average molecular weight is 446 g/mol. The van der Waals surface area contributed by atoms with Gasteiger partial charge in [0, 0.05) is 28.6 Å². The Morgan fingerprint density at radius 1 is 1.25 bits per heavy atom. The average Bonchev–Trinajstić information content (AvgIpc) is 2.52. The van der Waals surface area contributed by atoms with Crippen LogP contribution in [0, 0.1) is 3.57 Å². The molecule has 0 aliphatic heterocycles. The van der Waals surface area contributed by atoms with Crippen LogP contribution in [-0.2, 0) is 19.1 Å². The number of rotatable bonds is 7. The molecule has 3 amide bonds. The highest BCUT2D eigenvalue weighted by Gasteiger charge is 2.12. The van der Waals surface area contributed by atoms with Gasteiger partial charge in [0.1, 0.15) is 0 Å². The van der Waals surface area contributed by atoms with E-state index >= 15 is 0 Å². The van der Waals surface area contributed by atoms with E-state index in [1.54, 1.807) is 13.0 Å². The Morgan fingerprint density at radius 2 is 2.00 bits per heavy atom. The van der Waals surface area contributed by atoms with E-state index in [-0.39, 0.29) is 18.9 Å². The lowest BCUT2D eigenvalue weighted by Crippen LogP contribution is -2.39. The standard InChI is InChI=1S/C15H19IN4O4/c1-10(19-20-15(23)14(22)17-6-7-24-2)8-13(21)18-12-5-3-4-11(16)9-12/h3-5,9H,6-8H2,1-2H3,(H,17,22)(H,18,21)(H,20,23). The van der Waals surface area contributed by atoms with E-state index in [0.29, 0.717) is 18.0 Å². The monoisotopic (exact) mass is 446 g/mol. The van der Waals surface area contributed by atoms with E-state index in [0.717, 1.165) is 3.57 Å². The maximum atomic E-state index is 11.9. The zero-order valence-electron chi connectivity index (χ0n) is 13.4. The van der Waals surface area contributed by atoms with Gasteiger partial charge < -0.3 is 15.4 Å². The molecule has 0 saturated heterocycles. The topological polar surface area (TPSA) is 109 Å². The maximum Gasteiger partial charge on any atom is 0.329 e. The summed E-state index contributed by atoms with van der Waals surface area (Å²) in [6.07, 6.45) is -0.00293. The summed E-state index contributed by atoms with van der Waals surface area (Å²) in [5.74, 6) is -1.98. The fourth-order valence-electron chi connectivity index (χ4n) is 1.59. The van der Waals surface area contributed by atoms with Gasteiger partial charge in [0.05, 0.1) is 13.0 Å². The van der Waals surface area contributed by atoms with E-state index in [9.17, 15) is 14.4 Å². The minimum atomic E-state index is -0.900. The molecule has 24 heavy (non-hydrogen) atoms. The summed E-state index contributed by atoms with van der Waals surface area (Å²) >= 11 is 2.15. The van der Waals surface area contributed by atoms with E-state index < -0.39 is 11.8 Å². The molecule has 0 unspecified atom stereocenters. The molecule has 1 rings (SSSR count). The Labute approximate surface area is 153 Å². The van der Waals surface area contributed by atoms with Gasteiger partial charge in [-0.1, -0.05) is 6.07 Å². The van der Waals surface area contributed by atoms with Crippen molar-refractivity contribution in [2.24, 2.45) is 5.10 Å². The number of amides is 3. The van der Waals surface area contributed by atoms with Crippen LogP contribution in [0.1, 0.15) is 13.3 Å². The van der Waals surface area contributed by atoms with Crippen LogP contribution in [0.3, 0.4) is 0 Å². The second-order valence-corrected chi connectivity index (χ2v) is 6.02. The summed E-state index contributed by atoms with van der Waals surface area (Å²) in [5.41, 5.74) is 3.16. The van der Waals surface area contributed by atoms with Gasteiger partial charge in [0.25, 0.3) is 0 Å². The van der Waals surface area contributed by atoms with E-state index in [4.69, 9.17) is 4.74 Å². The molecule has 0 aliphatic rings. The third kappa shape index (κ3) is 8.02. The molecule has 9 heteroatoms. The van der Waals surface area contributed by atoms with E-state index in [1.807, 2.05) is 18.2 Å². The number of hydrogen-bond acceptors (Lipinski definition) is 5. The molecule has 0 fully saturated rings. The second-order valence-electron chi connectivity index (χ2n) is 4.77. The van der Waals surface area contributed by atoms with Crippen molar-refractivity contribution in [2.75, 3.05) is 25.6 Å². The molecule has 0 aliphatic carbocycles. The molecule has 1 aromatic rings. The van der Waals surface area contributed by atoms with Crippen LogP contribution < -0.4 is 16.1 Å². The number of anilines is 1. The van der Waals surface area contributed by atoms with Crippen molar-refractivity contribution >= 4 is 51.7 Å². The summed E-state index contributed by atoms with van der Waals surface area (Å²) < 4.78 is 5.75. The van der Waals surface area contributed by atoms with Gasteiger partial charge in [-0.3, -0.25) is 14.4 Å². The Balaban J connectivity index is 2.41. The van der Waals surface area contributed by atoms with Crippen molar-refractivity contribution < 1.29 is 19.1 Å². The predicted molar refractivity (Wildman–Crippen MR) is 98.5 cm³/mol.